The van der Waals surface area contributed by atoms with Crippen molar-refractivity contribution in [1.29, 1.82) is 0 Å². The predicted octanol–water partition coefficient (Wildman–Crippen LogP) is 1.36. The van der Waals surface area contributed by atoms with Gasteiger partial charge in [-0.2, -0.15) is 0 Å². The van der Waals surface area contributed by atoms with Crippen molar-refractivity contribution in [1.82, 2.24) is 0 Å². The van der Waals surface area contributed by atoms with E-state index >= 15 is 0 Å². The molecule has 1 unspecified atom stereocenters. The van der Waals surface area contributed by atoms with Gasteiger partial charge in [0.05, 0.1) is 12.2 Å². The molecule has 4 N–H and O–H groups in total. The Morgan fingerprint density at radius 3 is 2.50 bits per heavy atom. The van der Waals surface area contributed by atoms with Crippen molar-refractivity contribution in [2.24, 2.45) is 40.2 Å². The van der Waals surface area contributed by atoms with E-state index in [0.717, 1.165) is 6.42 Å². The minimum atomic E-state index is -1.57. The van der Waals surface area contributed by atoms with E-state index in [2.05, 4.69) is 20.4 Å². The first kappa shape index (κ1) is 21.0. The van der Waals surface area contributed by atoms with Crippen LogP contribution in [0.5, 0.6) is 0 Å². The maximum absolute atomic E-state index is 13.9. The minimum absolute atomic E-state index is 0.141. The molecule has 5 aliphatic rings. The molecule has 4 aliphatic carbocycles. The molecule has 10 atom stereocenters. The number of nitrogens with two attached hydrogens (primary N) is 1. The van der Waals surface area contributed by atoms with Crippen molar-refractivity contribution in [2.45, 2.75) is 82.9 Å². The van der Waals surface area contributed by atoms with Crippen LogP contribution >= 0.6 is 0 Å². The molecule has 30 heavy (non-hydrogen) atoms. The molecule has 0 aromatic rings. The summed E-state index contributed by atoms with van der Waals surface area (Å²) in [6.07, 6.45) is -0.430. The number of hydrogen-bond donors (Lipinski definition) is 3. The van der Waals surface area contributed by atoms with Gasteiger partial charge in [-0.3, -0.25) is 4.79 Å². The number of hydrogen-bond acceptors (Lipinski definition) is 7. The van der Waals surface area contributed by atoms with E-state index < -0.39 is 41.3 Å². The fourth-order valence-electron chi connectivity index (χ4n) is 8.30. The average Bonchev–Trinajstić information content (AvgIpc) is 2.77. The highest BCUT2D eigenvalue weighted by Crippen LogP contribution is 2.73. The molecule has 0 aromatic carbocycles. The third kappa shape index (κ3) is 2.10. The lowest BCUT2D eigenvalue weighted by Crippen LogP contribution is -2.82. The summed E-state index contributed by atoms with van der Waals surface area (Å²) in [5.41, 5.74) is 5.29. The van der Waals surface area contributed by atoms with Crippen molar-refractivity contribution in [3.8, 4) is 0 Å². The summed E-state index contributed by atoms with van der Waals surface area (Å²) in [5.74, 6) is -3.88. The molecule has 7 nitrogen and oxygen atoms in total. The zero-order valence-corrected chi connectivity index (χ0v) is 18.6. The van der Waals surface area contributed by atoms with Crippen LogP contribution in [0.3, 0.4) is 0 Å². The second-order valence-corrected chi connectivity index (χ2v) is 11.3. The van der Waals surface area contributed by atoms with Gasteiger partial charge in [0.1, 0.15) is 11.5 Å². The number of aliphatic hydroxyl groups is 2. The Labute approximate surface area is 177 Å². The zero-order valence-electron chi connectivity index (χ0n) is 18.6. The third-order valence-electron chi connectivity index (χ3n) is 9.10. The first-order valence-electron chi connectivity index (χ1n) is 11.1. The van der Waals surface area contributed by atoms with Crippen molar-refractivity contribution in [3.63, 3.8) is 0 Å². The van der Waals surface area contributed by atoms with E-state index in [0.29, 0.717) is 18.4 Å². The number of aliphatic hydroxyl groups excluding tert-OH is 2. The average molecular weight is 422 g/mol. The van der Waals surface area contributed by atoms with Gasteiger partial charge in [-0.05, 0) is 55.9 Å². The number of fused-ring (bicyclic) bond motifs is 2. The number of carbonyl (C=O) groups excluding carboxylic acids is 1. The number of rotatable bonds is 1. The van der Waals surface area contributed by atoms with Gasteiger partial charge in [0, 0.05) is 25.0 Å². The van der Waals surface area contributed by atoms with Gasteiger partial charge in [0.25, 0.3) is 0 Å². The molecule has 1 heterocycles. The number of ketones is 1. The molecule has 0 radical (unpaired) electrons. The van der Waals surface area contributed by atoms with Crippen LogP contribution in [0.1, 0.15) is 47.0 Å². The summed E-state index contributed by atoms with van der Waals surface area (Å²) in [4.78, 5) is 13.9. The summed E-state index contributed by atoms with van der Waals surface area (Å²) < 4.78 is 18.9. The highest BCUT2D eigenvalue weighted by Gasteiger charge is 2.84. The molecule has 1 saturated heterocycles. The lowest BCUT2D eigenvalue weighted by Gasteiger charge is -2.70. The number of ether oxygens (including phenoxy) is 3. The van der Waals surface area contributed by atoms with Gasteiger partial charge < -0.3 is 30.2 Å². The topological polar surface area (TPSA) is 111 Å². The summed E-state index contributed by atoms with van der Waals surface area (Å²) in [7, 11) is 1.50. The van der Waals surface area contributed by atoms with Crippen LogP contribution in [0.4, 0.5) is 0 Å². The van der Waals surface area contributed by atoms with Crippen LogP contribution in [0.2, 0.25) is 0 Å². The van der Waals surface area contributed by atoms with E-state index in [4.69, 9.17) is 19.9 Å². The van der Waals surface area contributed by atoms with Gasteiger partial charge in [-0.1, -0.05) is 20.4 Å². The molecule has 5 fully saturated rings. The Hall–Kier alpha value is -0.830. The number of carbonyl (C=O) groups is 1. The molecule has 7 heteroatoms. The van der Waals surface area contributed by atoms with Gasteiger partial charge >= 0.3 is 0 Å². The van der Waals surface area contributed by atoms with E-state index in [-0.39, 0.29) is 34.9 Å². The van der Waals surface area contributed by atoms with Crippen LogP contribution in [0.25, 0.3) is 0 Å². The minimum Gasteiger partial charge on any atom is -0.391 e. The molecule has 0 aromatic heterocycles. The Bertz CT molecular complexity index is 810. The second kappa shape index (κ2) is 5.94. The van der Waals surface area contributed by atoms with Gasteiger partial charge in [0.2, 0.25) is 5.79 Å². The van der Waals surface area contributed by atoms with Crippen LogP contribution < -0.4 is 5.73 Å². The standard InChI is InChI=1S/C23H35NO6/c1-10-11-7-8-12-14-15(20(2,3)9-13(24)16(14)25)18(27)23(28-6)22(12,17(10)26)19(11)29-21(4,5)30-23/h11-16,18-19,25,27H,1,7-9,24H2,2-6H3/t11-,12-,13-,14?,15+,16+,18-,19+,22-,23-/m0/s1. The van der Waals surface area contributed by atoms with Crippen LogP contribution in [0.15, 0.2) is 12.2 Å². The van der Waals surface area contributed by atoms with Gasteiger partial charge in [0.15, 0.2) is 11.6 Å². The van der Waals surface area contributed by atoms with Crippen molar-refractivity contribution in [2.75, 3.05) is 7.11 Å². The van der Waals surface area contributed by atoms with Gasteiger partial charge in [-0.25, -0.2) is 0 Å². The summed E-state index contributed by atoms with van der Waals surface area (Å²) in [5, 5.41) is 23.2. The fourth-order valence-corrected chi connectivity index (χ4v) is 8.30. The van der Waals surface area contributed by atoms with E-state index in [1.165, 1.54) is 7.11 Å². The third-order valence-corrected chi connectivity index (χ3v) is 9.10. The van der Waals surface area contributed by atoms with Crippen LogP contribution in [-0.4, -0.2) is 59.0 Å². The Morgan fingerprint density at radius 2 is 1.87 bits per heavy atom. The van der Waals surface area contributed by atoms with Crippen molar-refractivity contribution >= 4 is 5.78 Å². The monoisotopic (exact) mass is 421 g/mol. The highest BCUT2D eigenvalue weighted by atomic mass is 16.8. The predicted molar refractivity (Wildman–Crippen MR) is 108 cm³/mol. The normalized spacial score (nSPS) is 55.7. The van der Waals surface area contributed by atoms with Crippen LogP contribution in [-0.2, 0) is 19.0 Å². The van der Waals surface area contributed by atoms with E-state index in [1.54, 1.807) is 13.8 Å². The van der Waals surface area contributed by atoms with E-state index in [9.17, 15) is 15.0 Å². The lowest BCUT2D eigenvalue weighted by molar-refractivity contribution is -0.490. The summed E-state index contributed by atoms with van der Waals surface area (Å²) >= 11 is 0. The zero-order chi connectivity index (χ0) is 22.0. The first-order chi connectivity index (χ1) is 13.9. The lowest BCUT2D eigenvalue weighted by atomic mass is 9.42. The molecule has 2 bridgehead atoms. The largest absolute Gasteiger partial charge is 0.391 e. The van der Waals surface area contributed by atoms with E-state index in [1.807, 2.05) is 0 Å². The SMILES string of the molecule is C=C1C(=O)[C@@]23[C@@H]4OC(C)(C)O[C@@]2(OC)[C@@H](O)[C@H]2C([C@H](O)[C@@H](N)CC2(C)C)[C@@H]3CC[C@@H]14. The molecule has 168 valence electrons. The van der Waals surface area contributed by atoms with Crippen molar-refractivity contribution in [3.05, 3.63) is 12.2 Å². The number of Topliss-reactive ketones (excluding diaryl/α,β-unsaturated/α-hetero) is 1. The summed E-state index contributed by atoms with van der Waals surface area (Å²) in [6, 6.07) is -0.419. The molecule has 4 saturated carbocycles. The first-order valence-corrected chi connectivity index (χ1v) is 11.1. The molecule has 5 rings (SSSR count). The quantitative estimate of drug-likeness (QED) is 0.548. The highest BCUT2D eigenvalue weighted by molar-refractivity contribution is 6.05. The summed E-state index contributed by atoms with van der Waals surface area (Å²) in [6.45, 7) is 11.9. The smallest absolute Gasteiger partial charge is 0.213 e. The molecule has 1 aliphatic heterocycles. The molecule has 0 amide bonds. The molecular weight excluding hydrogens is 386 g/mol. The second-order valence-electron chi connectivity index (χ2n) is 11.3. The van der Waals surface area contributed by atoms with Crippen LogP contribution in [0, 0.1) is 34.5 Å². The molecular formula is C23H35NO6. The van der Waals surface area contributed by atoms with Crippen molar-refractivity contribution < 1.29 is 29.2 Å². The number of methoxy groups -OCH3 is 1. The van der Waals surface area contributed by atoms with Gasteiger partial charge in [-0.15, -0.1) is 0 Å². The Balaban J connectivity index is 1.81. The molecule has 1 spiro atoms. The Kier molecular flexibility index (Phi) is 4.17. The fraction of sp³-hybridized carbons (Fsp3) is 0.870. The maximum atomic E-state index is 13.9. The Morgan fingerprint density at radius 1 is 1.20 bits per heavy atom. The maximum Gasteiger partial charge on any atom is 0.213 e.